The fraction of sp³-hybridized carbons (Fsp3) is 0.278. The van der Waals surface area contributed by atoms with Gasteiger partial charge in [-0.05, 0) is 37.3 Å². The van der Waals surface area contributed by atoms with E-state index in [0.717, 1.165) is 4.88 Å². The summed E-state index contributed by atoms with van der Waals surface area (Å²) in [4.78, 5) is 39.2. The number of benzene rings is 1. The maximum absolute atomic E-state index is 12.1. The smallest absolute Gasteiger partial charge is 0.243 e. The summed E-state index contributed by atoms with van der Waals surface area (Å²) in [6.07, 6.45) is 0.184. The average molecular weight is 413 g/mol. The first-order valence-corrected chi connectivity index (χ1v) is 9.42. The standard InChI is InChI=1S/C18H18Cl2N2O3S/c1-11-3-7-16(26-11)15(23)6-8-18(25)22(2)10-17(24)21-12-4-5-13(19)14(20)9-12/h3-5,7,9H,6,8,10H2,1-2H3,(H,21,24). The minimum Gasteiger partial charge on any atom is -0.336 e. The van der Waals surface area contributed by atoms with E-state index in [0.29, 0.717) is 20.6 Å². The second-order valence-electron chi connectivity index (χ2n) is 5.76. The van der Waals surface area contributed by atoms with Gasteiger partial charge in [-0.15, -0.1) is 11.3 Å². The van der Waals surface area contributed by atoms with E-state index < -0.39 is 0 Å². The molecule has 0 fully saturated rings. The predicted octanol–water partition coefficient (Wildman–Crippen LogP) is 4.42. The molecule has 1 N–H and O–H groups in total. The summed E-state index contributed by atoms with van der Waals surface area (Å²) < 4.78 is 0. The van der Waals surface area contributed by atoms with Gasteiger partial charge < -0.3 is 10.2 Å². The van der Waals surface area contributed by atoms with Crippen molar-refractivity contribution in [3.8, 4) is 0 Å². The largest absolute Gasteiger partial charge is 0.336 e. The number of Topliss-reactive ketones (excluding diaryl/α,β-unsaturated/α-hetero) is 1. The molecule has 5 nitrogen and oxygen atoms in total. The van der Waals surface area contributed by atoms with Gasteiger partial charge in [0.2, 0.25) is 11.8 Å². The number of carbonyl (C=O) groups is 3. The van der Waals surface area contributed by atoms with E-state index in [1.54, 1.807) is 18.2 Å². The lowest BCUT2D eigenvalue weighted by atomic mass is 10.2. The second-order valence-corrected chi connectivity index (χ2v) is 7.86. The molecule has 2 amide bonds. The Morgan fingerprint density at radius 1 is 1.08 bits per heavy atom. The number of hydrogen-bond acceptors (Lipinski definition) is 4. The summed E-state index contributed by atoms with van der Waals surface area (Å²) in [5.41, 5.74) is 0.494. The molecule has 0 aliphatic heterocycles. The van der Waals surface area contributed by atoms with Crippen molar-refractivity contribution in [2.75, 3.05) is 18.9 Å². The van der Waals surface area contributed by atoms with Crippen molar-refractivity contribution >= 4 is 57.8 Å². The lowest BCUT2D eigenvalue weighted by Gasteiger charge is -2.16. The molecule has 2 aromatic rings. The number of halogens is 2. The van der Waals surface area contributed by atoms with Gasteiger partial charge in [0.05, 0.1) is 21.5 Å². The Labute approximate surface area is 165 Å². The van der Waals surface area contributed by atoms with E-state index in [9.17, 15) is 14.4 Å². The van der Waals surface area contributed by atoms with Crippen LogP contribution in [0.2, 0.25) is 10.0 Å². The number of amides is 2. The normalized spacial score (nSPS) is 10.5. The van der Waals surface area contributed by atoms with Crippen molar-refractivity contribution in [3.05, 3.63) is 50.1 Å². The number of hydrogen-bond donors (Lipinski definition) is 1. The minimum atomic E-state index is -0.362. The lowest BCUT2D eigenvalue weighted by Crippen LogP contribution is -2.35. The van der Waals surface area contributed by atoms with E-state index in [-0.39, 0.29) is 37.0 Å². The highest BCUT2D eigenvalue weighted by Crippen LogP contribution is 2.25. The third-order valence-corrected chi connectivity index (χ3v) is 5.37. The van der Waals surface area contributed by atoms with Crippen molar-refractivity contribution in [2.24, 2.45) is 0 Å². The molecule has 8 heteroatoms. The summed E-state index contributed by atoms with van der Waals surface area (Å²) in [6, 6.07) is 8.37. The fourth-order valence-corrected chi connectivity index (χ4v) is 3.33. The SMILES string of the molecule is Cc1ccc(C(=O)CCC(=O)N(C)CC(=O)Nc2ccc(Cl)c(Cl)c2)s1. The summed E-state index contributed by atoms with van der Waals surface area (Å²) in [6.45, 7) is 1.80. The molecule has 0 atom stereocenters. The van der Waals surface area contributed by atoms with Gasteiger partial charge in [-0.3, -0.25) is 14.4 Å². The number of rotatable bonds is 7. The quantitative estimate of drug-likeness (QED) is 0.684. The molecule has 0 bridgehead atoms. The molecule has 26 heavy (non-hydrogen) atoms. The number of anilines is 1. The van der Waals surface area contributed by atoms with Crippen molar-refractivity contribution in [1.29, 1.82) is 0 Å². The molecule has 0 saturated carbocycles. The van der Waals surface area contributed by atoms with Gasteiger partial charge in [0.15, 0.2) is 5.78 Å². The maximum atomic E-state index is 12.1. The number of aryl methyl sites for hydroxylation is 1. The van der Waals surface area contributed by atoms with Crippen LogP contribution in [0.25, 0.3) is 0 Å². The van der Waals surface area contributed by atoms with Gasteiger partial charge in [0.25, 0.3) is 0 Å². The first-order chi connectivity index (χ1) is 12.3. The van der Waals surface area contributed by atoms with Crippen LogP contribution in [0.4, 0.5) is 5.69 Å². The molecular formula is C18H18Cl2N2O3S. The first-order valence-electron chi connectivity index (χ1n) is 7.85. The van der Waals surface area contributed by atoms with Gasteiger partial charge in [-0.25, -0.2) is 0 Å². The highest BCUT2D eigenvalue weighted by atomic mass is 35.5. The van der Waals surface area contributed by atoms with Crippen molar-refractivity contribution in [3.63, 3.8) is 0 Å². The number of nitrogens with one attached hydrogen (secondary N) is 1. The van der Waals surface area contributed by atoms with Crippen LogP contribution in [-0.2, 0) is 9.59 Å². The van der Waals surface area contributed by atoms with Gasteiger partial charge in [0, 0.05) is 30.5 Å². The molecule has 0 radical (unpaired) electrons. The van der Waals surface area contributed by atoms with Crippen molar-refractivity contribution in [2.45, 2.75) is 19.8 Å². The average Bonchev–Trinajstić information content (AvgIpc) is 3.02. The van der Waals surface area contributed by atoms with E-state index in [1.165, 1.54) is 29.4 Å². The molecule has 0 saturated heterocycles. The zero-order valence-electron chi connectivity index (χ0n) is 14.3. The molecule has 0 spiro atoms. The summed E-state index contributed by atoms with van der Waals surface area (Å²) >= 11 is 13.1. The Morgan fingerprint density at radius 3 is 2.42 bits per heavy atom. The number of ketones is 1. The Morgan fingerprint density at radius 2 is 1.81 bits per heavy atom. The van der Waals surface area contributed by atoms with Crippen molar-refractivity contribution < 1.29 is 14.4 Å². The summed E-state index contributed by atoms with van der Waals surface area (Å²) in [5, 5.41) is 3.37. The van der Waals surface area contributed by atoms with Crippen LogP contribution in [0.3, 0.4) is 0 Å². The molecular weight excluding hydrogens is 395 g/mol. The number of thiophene rings is 1. The molecule has 0 aliphatic carbocycles. The predicted molar refractivity (Wildman–Crippen MR) is 105 cm³/mol. The number of likely N-dealkylation sites (N-methyl/N-ethyl adjacent to an activating group) is 1. The van der Waals surface area contributed by atoms with E-state index in [4.69, 9.17) is 23.2 Å². The molecule has 1 aromatic carbocycles. The van der Waals surface area contributed by atoms with Crippen LogP contribution < -0.4 is 5.32 Å². The van der Waals surface area contributed by atoms with Crippen LogP contribution in [0.5, 0.6) is 0 Å². The minimum absolute atomic E-state index is 0.0618. The molecule has 1 aromatic heterocycles. The van der Waals surface area contributed by atoms with Crippen LogP contribution in [-0.4, -0.2) is 36.1 Å². The van der Waals surface area contributed by atoms with E-state index in [1.807, 2.05) is 13.0 Å². The monoisotopic (exact) mass is 412 g/mol. The molecule has 0 unspecified atom stereocenters. The zero-order chi connectivity index (χ0) is 19.3. The van der Waals surface area contributed by atoms with Gasteiger partial charge in [-0.1, -0.05) is 23.2 Å². The molecule has 1 heterocycles. The molecule has 0 aliphatic rings. The van der Waals surface area contributed by atoms with Crippen LogP contribution in [0.1, 0.15) is 27.4 Å². The Kier molecular flexibility index (Phi) is 7.20. The maximum Gasteiger partial charge on any atom is 0.243 e. The number of carbonyl (C=O) groups excluding carboxylic acids is 3. The van der Waals surface area contributed by atoms with Crippen molar-refractivity contribution in [1.82, 2.24) is 4.90 Å². The lowest BCUT2D eigenvalue weighted by molar-refractivity contribution is -0.133. The third kappa shape index (κ3) is 5.83. The Bertz CT molecular complexity index is 836. The summed E-state index contributed by atoms with van der Waals surface area (Å²) in [7, 11) is 1.52. The molecule has 2 rings (SSSR count). The van der Waals surface area contributed by atoms with Gasteiger partial charge in [-0.2, -0.15) is 0 Å². The summed E-state index contributed by atoms with van der Waals surface area (Å²) in [5.74, 6) is -0.694. The van der Waals surface area contributed by atoms with E-state index in [2.05, 4.69) is 5.32 Å². The van der Waals surface area contributed by atoms with Crippen LogP contribution in [0, 0.1) is 6.92 Å². The number of nitrogens with zero attached hydrogens (tertiary/aromatic N) is 1. The molecule has 138 valence electrons. The zero-order valence-corrected chi connectivity index (χ0v) is 16.7. The van der Waals surface area contributed by atoms with Gasteiger partial charge in [0.1, 0.15) is 0 Å². The highest BCUT2D eigenvalue weighted by molar-refractivity contribution is 7.14. The first kappa shape index (κ1) is 20.4. The van der Waals surface area contributed by atoms with Crippen LogP contribution in [0.15, 0.2) is 30.3 Å². The topological polar surface area (TPSA) is 66.5 Å². The Hall–Kier alpha value is -1.89. The highest BCUT2D eigenvalue weighted by Gasteiger charge is 2.16. The Balaban J connectivity index is 1.81. The van der Waals surface area contributed by atoms with E-state index >= 15 is 0 Å². The second kappa shape index (κ2) is 9.16. The van der Waals surface area contributed by atoms with Crippen LogP contribution >= 0.6 is 34.5 Å². The van der Waals surface area contributed by atoms with Gasteiger partial charge >= 0.3 is 0 Å². The third-order valence-electron chi connectivity index (χ3n) is 3.59. The fourth-order valence-electron chi connectivity index (χ4n) is 2.20.